The fraction of sp³-hybridized carbons (Fsp3) is 0.471. The number of aromatic nitrogens is 3. The van der Waals surface area contributed by atoms with E-state index in [-0.39, 0.29) is 11.1 Å². The normalized spacial score (nSPS) is 21.6. The first-order valence-corrected chi connectivity index (χ1v) is 9.01. The molecule has 0 bridgehead atoms. The van der Waals surface area contributed by atoms with Gasteiger partial charge in [-0.3, -0.25) is 9.36 Å². The summed E-state index contributed by atoms with van der Waals surface area (Å²) in [5, 5.41) is 9.25. The summed E-state index contributed by atoms with van der Waals surface area (Å²) in [5.41, 5.74) is 0.480. The molecule has 1 aromatic carbocycles. The van der Waals surface area contributed by atoms with Gasteiger partial charge in [0.25, 0.3) is 0 Å². The average Bonchev–Trinajstić information content (AvgIpc) is 3.31. The predicted molar refractivity (Wildman–Crippen MR) is 86.8 cm³/mol. The molecule has 0 aliphatic heterocycles. The Kier molecular flexibility index (Phi) is 3.93. The molecule has 4 rings (SSSR count). The fourth-order valence-electron chi connectivity index (χ4n) is 3.05. The lowest BCUT2D eigenvalue weighted by atomic mass is 9.99. The zero-order valence-electron chi connectivity index (χ0n) is 12.7. The van der Waals surface area contributed by atoms with Crippen LogP contribution in [0.1, 0.15) is 44.6 Å². The lowest BCUT2D eigenvalue weighted by Gasteiger charge is -2.19. The molecule has 2 fully saturated rings. The number of hydrogen-bond acceptors (Lipinski definition) is 4. The molecule has 2 aliphatic carbocycles. The second-order valence-corrected chi connectivity index (χ2v) is 7.38. The van der Waals surface area contributed by atoms with E-state index >= 15 is 0 Å². The molecule has 120 valence electrons. The molecule has 1 heterocycles. The van der Waals surface area contributed by atoms with Gasteiger partial charge < -0.3 is 0 Å². The molecule has 1 atom stereocenters. The number of hydrogen-bond donors (Lipinski definition) is 0. The summed E-state index contributed by atoms with van der Waals surface area (Å²) in [4.78, 5) is 12.1. The Balaban J connectivity index is 1.68. The minimum Gasteiger partial charge on any atom is -0.299 e. The van der Waals surface area contributed by atoms with Gasteiger partial charge in [0.05, 0.1) is 10.8 Å². The van der Waals surface area contributed by atoms with E-state index in [1.807, 2.05) is 10.6 Å². The molecule has 0 saturated heterocycles. The number of carbonyl (C=O) groups is 1. The third kappa shape index (κ3) is 2.92. The maximum Gasteiger partial charge on any atom is 0.192 e. The molecule has 23 heavy (non-hydrogen) atoms. The van der Waals surface area contributed by atoms with Crippen molar-refractivity contribution < 1.29 is 9.18 Å². The largest absolute Gasteiger partial charge is 0.299 e. The van der Waals surface area contributed by atoms with Gasteiger partial charge in [-0.15, -0.1) is 10.2 Å². The second-order valence-electron chi connectivity index (χ2n) is 6.21. The predicted octanol–water partition coefficient (Wildman–Crippen LogP) is 4.02. The molecule has 0 N–H and O–H groups in total. The highest BCUT2D eigenvalue weighted by Gasteiger charge is 2.33. The number of nitrogens with zero attached hydrogens (tertiary/aromatic N) is 3. The summed E-state index contributed by atoms with van der Waals surface area (Å²) < 4.78 is 16.2. The number of Topliss-reactive ketones (excluding diaryl/α,β-unsaturated/α-hetero) is 1. The third-order valence-electron chi connectivity index (χ3n) is 4.44. The van der Waals surface area contributed by atoms with E-state index in [2.05, 4.69) is 10.2 Å². The lowest BCUT2D eigenvalue weighted by Crippen LogP contribution is -2.21. The highest BCUT2D eigenvalue weighted by molar-refractivity contribution is 8.00. The van der Waals surface area contributed by atoms with E-state index < -0.39 is 0 Å². The molecule has 4 nitrogen and oxygen atoms in total. The van der Waals surface area contributed by atoms with Crippen LogP contribution in [-0.4, -0.2) is 25.8 Å². The maximum absolute atomic E-state index is 14.1. The Hall–Kier alpha value is -1.69. The molecule has 0 amide bonds. The molecule has 2 saturated carbocycles. The number of thioether (sulfide) groups is 1. The van der Waals surface area contributed by atoms with Gasteiger partial charge in [0.1, 0.15) is 11.6 Å². The quantitative estimate of drug-likeness (QED) is 0.849. The summed E-state index contributed by atoms with van der Waals surface area (Å²) in [7, 11) is 0. The molecule has 2 aromatic rings. The molecular weight excluding hydrogens is 313 g/mol. The summed E-state index contributed by atoms with van der Waals surface area (Å²) in [6.07, 6.45) is 5.76. The Morgan fingerprint density at radius 3 is 2.70 bits per heavy atom. The van der Waals surface area contributed by atoms with Gasteiger partial charge in [-0.05, 0) is 37.8 Å². The highest BCUT2D eigenvalue weighted by atomic mass is 32.2. The minimum absolute atomic E-state index is 0.0288. The van der Waals surface area contributed by atoms with Gasteiger partial charge in [-0.1, -0.05) is 30.3 Å². The Bertz CT molecular complexity index is 741. The first-order chi connectivity index (χ1) is 11.2. The first-order valence-electron chi connectivity index (χ1n) is 8.13. The van der Waals surface area contributed by atoms with E-state index in [4.69, 9.17) is 0 Å². The number of ketones is 1. The molecule has 0 radical (unpaired) electrons. The van der Waals surface area contributed by atoms with Gasteiger partial charge in [0.15, 0.2) is 11.0 Å². The molecule has 1 unspecified atom stereocenters. The van der Waals surface area contributed by atoms with Gasteiger partial charge in [0, 0.05) is 12.5 Å². The van der Waals surface area contributed by atoms with Gasteiger partial charge >= 0.3 is 0 Å². The summed E-state index contributed by atoms with van der Waals surface area (Å²) >= 11 is 1.51. The summed E-state index contributed by atoms with van der Waals surface area (Å²) in [6.45, 7) is 0. The minimum atomic E-state index is -0.285. The standard InChI is InChI=1S/C17H18FN3OS/c18-13-6-2-1-5-12(13)16-19-20-17(21(16)11-9-10-11)23-15-8-4-3-7-14(15)22/h1-2,5-6,11,15H,3-4,7-10H2. The topological polar surface area (TPSA) is 47.8 Å². The van der Waals surface area contributed by atoms with Crippen molar-refractivity contribution in [3.63, 3.8) is 0 Å². The number of benzene rings is 1. The molecule has 2 aliphatic rings. The van der Waals surface area contributed by atoms with Crippen LogP contribution in [0.15, 0.2) is 29.4 Å². The van der Waals surface area contributed by atoms with Crippen molar-refractivity contribution in [2.24, 2.45) is 0 Å². The average molecular weight is 331 g/mol. The van der Waals surface area contributed by atoms with Crippen LogP contribution in [0.25, 0.3) is 11.4 Å². The van der Waals surface area contributed by atoms with E-state index in [0.717, 1.165) is 37.3 Å². The summed E-state index contributed by atoms with van der Waals surface area (Å²) in [5.74, 6) is 0.600. The van der Waals surface area contributed by atoms with Crippen molar-refractivity contribution in [3.05, 3.63) is 30.1 Å². The Morgan fingerprint density at radius 2 is 1.96 bits per heavy atom. The fourth-order valence-corrected chi connectivity index (χ4v) is 4.27. The SMILES string of the molecule is O=C1CCCCC1Sc1nnc(-c2ccccc2F)n1C1CC1. The van der Waals surface area contributed by atoms with Crippen LogP contribution in [0, 0.1) is 5.82 Å². The van der Waals surface area contributed by atoms with Gasteiger partial charge in [-0.25, -0.2) is 4.39 Å². The van der Waals surface area contributed by atoms with E-state index in [1.54, 1.807) is 12.1 Å². The monoisotopic (exact) mass is 331 g/mol. The molecule has 6 heteroatoms. The van der Waals surface area contributed by atoms with Crippen molar-refractivity contribution in [3.8, 4) is 11.4 Å². The van der Waals surface area contributed by atoms with Crippen LogP contribution in [0.5, 0.6) is 0 Å². The smallest absolute Gasteiger partial charge is 0.192 e. The maximum atomic E-state index is 14.1. The van der Waals surface area contributed by atoms with Gasteiger partial charge in [0.2, 0.25) is 0 Å². The lowest BCUT2D eigenvalue weighted by molar-refractivity contribution is -0.119. The van der Waals surface area contributed by atoms with Crippen molar-refractivity contribution in [2.45, 2.75) is 55.0 Å². The Labute approximate surface area is 138 Å². The highest BCUT2D eigenvalue weighted by Crippen LogP contribution is 2.43. The van der Waals surface area contributed by atoms with Crippen LogP contribution in [-0.2, 0) is 4.79 Å². The van der Waals surface area contributed by atoms with Crippen LogP contribution < -0.4 is 0 Å². The van der Waals surface area contributed by atoms with E-state index in [1.165, 1.54) is 17.8 Å². The third-order valence-corrected chi connectivity index (χ3v) is 5.71. The molecule has 0 spiro atoms. The number of rotatable bonds is 4. The van der Waals surface area contributed by atoms with Crippen molar-refractivity contribution in [1.82, 2.24) is 14.8 Å². The van der Waals surface area contributed by atoms with Crippen LogP contribution >= 0.6 is 11.8 Å². The van der Waals surface area contributed by atoms with E-state index in [9.17, 15) is 9.18 Å². The van der Waals surface area contributed by atoms with Crippen LogP contribution in [0.3, 0.4) is 0 Å². The first kappa shape index (κ1) is 14.9. The number of carbonyl (C=O) groups excluding carboxylic acids is 1. The number of halogens is 1. The van der Waals surface area contributed by atoms with Crippen LogP contribution in [0.4, 0.5) is 4.39 Å². The van der Waals surface area contributed by atoms with Crippen molar-refractivity contribution in [2.75, 3.05) is 0 Å². The second kappa shape index (κ2) is 6.07. The zero-order chi connectivity index (χ0) is 15.8. The molecular formula is C17H18FN3OS. The summed E-state index contributed by atoms with van der Waals surface area (Å²) in [6, 6.07) is 6.99. The van der Waals surface area contributed by atoms with Crippen LogP contribution in [0.2, 0.25) is 0 Å². The van der Waals surface area contributed by atoms with Gasteiger partial charge in [-0.2, -0.15) is 0 Å². The van der Waals surface area contributed by atoms with Crippen molar-refractivity contribution in [1.29, 1.82) is 0 Å². The van der Waals surface area contributed by atoms with E-state index in [0.29, 0.717) is 29.6 Å². The Morgan fingerprint density at radius 1 is 1.13 bits per heavy atom. The zero-order valence-corrected chi connectivity index (χ0v) is 13.6. The van der Waals surface area contributed by atoms with Crippen molar-refractivity contribution >= 4 is 17.5 Å². The molecule has 1 aromatic heterocycles.